The minimum atomic E-state index is -0.169. The number of allylic oxidation sites excluding steroid dienone is 3. The van der Waals surface area contributed by atoms with Crippen molar-refractivity contribution in [1.82, 2.24) is 0 Å². The third kappa shape index (κ3) is 7.87. The molecule has 6 aromatic carbocycles. The molecule has 0 spiro atoms. The van der Waals surface area contributed by atoms with Crippen LogP contribution in [0.5, 0.6) is 0 Å². The van der Waals surface area contributed by atoms with Gasteiger partial charge in [0.2, 0.25) is 0 Å². The van der Waals surface area contributed by atoms with Crippen LogP contribution in [0, 0.1) is 10.8 Å². The lowest BCUT2D eigenvalue weighted by Crippen LogP contribution is -2.36. The molecular formula is C64H74N2. The van der Waals surface area contributed by atoms with Gasteiger partial charge in [-0.15, -0.1) is 0 Å². The molecule has 0 bridgehead atoms. The largest absolute Gasteiger partial charge is 0.310 e. The molecule has 0 aromatic heterocycles. The van der Waals surface area contributed by atoms with Gasteiger partial charge in [-0.25, -0.2) is 0 Å². The Morgan fingerprint density at radius 1 is 0.424 bits per heavy atom. The molecule has 0 fully saturated rings. The maximum Gasteiger partial charge on any atom is 0.0467 e. The van der Waals surface area contributed by atoms with E-state index < -0.39 is 0 Å². The topological polar surface area (TPSA) is 6.48 Å². The van der Waals surface area contributed by atoms with Crippen LogP contribution in [0.1, 0.15) is 161 Å². The molecule has 3 aliphatic carbocycles. The van der Waals surface area contributed by atoms with E-state index in [1.807, 2.05) is 0 Å². The minimum absolute atomic E-state index is 0.0810. The van der Waals surface area contributed by atoms with E-state index >= 15 is 0 Å². The van der Waals surface area contributed by atoms with Crippen LogP contribution in [0.25, 0.3) is 11.6 Å². The quantitative estimate of drug-likeness (QED) is 0.165. The summed E-state index contributed by atoms with van der Waals surface area (Å²) in [7, 11) is 0. The summed E-state index contributed by atoms with van der Waals surface area (Å²) in [5.41, 5.74) is 22.8. The van der Waals surface area contributed by atoms with Gasteiger partial charge in [0.1, 0.15) is 0 Å². The Balaban J connectivity index is 1.13. The smallest absolute Gasteiger partial charge is 0.0467 e. The Labute approximate surface area is 398 Å². The van der Waals surface area contributed by atoms with E-state index in [2.05, 4.69) is 260 Å². The predicted octanol–water partition coefficient (Wildman–Crippen LogP) is 18.4. The lowest BCUT2D eigenvalue weighted by Gasteiger charge is -2.48. The Morgan fingerprint density at radius 2 is 0.773 bits per heavy atom. The Bertz CT molecular complexity index is 2750. The first-order valence-electron chi connectivity index (χ1n) is 24.5. The number of fused-ring (bicyclic) bond motifs is 5. The third-order valence-corrected chi connectivity index (χ3v) is 15.4. The highest BCUT2D eigenvalue weighted by molar-refractivity contribution is 5.91. The van der Waals surface area contributed by atoms with Gasteiger partial charge in [-0.2, -0.15) is 0 Å². The van der Waals surface area contributed by atoms with Crippen molar-refractivity contribution in [2.24, 2.45) is 10.8 Å². The third-order valence-electron chi connectivity index (χ3n) is 15.4. The molecule has 9 rings (SSSR count). The van der Waals surface area contributed by atoms with Gasteiger partial charge in [0.15, 0.2) is 0 Å². The fourth-order valence-electron chi connectivity index (χ4n) is 11.3. The highest BCUT2D eigenvalue weighted by atomic mass is 15.1. The normalized spacial score (nSPS) is 17.5. The van der Waals surface area contributed by atoms with Crippen LogP contribution in [0.15, 0.2) is 145 Å². The van der Waals surface area contributed by atoms with Crippen molar-refractivity contribution in [3.63, 3.8) is 0 Å². The lowest BCUT2D eigenvalue weighted by atomic mass is 9.55. The van der Waals surface area contributed by atoms with E-state index in [0.29, 0.717) is 0 Å². The second-order valence-electron chi connectivity index (χ2n) is 24.9. The Kier molecular flexibility index (Phi) is 10.7. The first-order valence-corrected chi connectivity index (χ1v) is 24.5. The number of hydrogen-bond donors (Lipinski definition) is 0. The monoisotopic (exact) mass is 871 g/mol. The van der Waals surface area contributed by atoms with E-state index in [1.165, 1.54) is 89.8 Å². The molecule has 2 heteroatoms. The molecule has 1 atom stereocenters. The predicted molar refractivity (Wildman–Crippen MR) is 286 cm³/mol. The average molecular weight is 871 g/mol. The molecule has 0 aliphatic heterocycles. The van der Waals surface area contributed by atoms with Crippen molar-refractivity contribution in [2.45, 2.75) is 145 Å². The van der Waals surface area contributed by atoms with E-state index in [0.717, 1.165) is 6.42 Å². The van der Waals surface area contributed by atoms with Crippen LogP contribution in [0.3, 0.4) is 0 Å². The molecule has 0 N–H and O–H groups in total. The zero-order chi connectivity index (χ0) is 47.5. The van der Waals surface area contributed by atoms with E-state index in [9.17, 15) is 0 Å². The van der Waals surface area contributed by atoms with Gasteiger partial charge in [0.05, 0.1) is 0 Å². The summed E-state index contributed by atoms with van der Waals surface area (Å²) in [6.07, 6.45) is 3.53. The Morgan fingerprint density at radius 3 is 1.15 bits per heavy atom. The number of anilines is 6. The number of hydrogen-bond acceptors (Lipinski definition) is 2. The molecule has 2 nitrogen and oxygen atoms in total. The summed E-state index contributed by atoms with van der Waals surface area (Å²) in [4.78, 5) is 4.93. The summed E-state index contributed by atoms with van der Waals surface area (Å²) >= 11 is 0. The first kappa shape index (κ1) is 45.6. The van der Waals surface area contributed by atoms with Gasteiger partial charge in [-0.05, 0) is 156 Å². The van der Waals surface area contributed by atoms with Gasteiger partial charge in [0, 0.05) is 45.5 Å². The fraction of sp³-hybridized carbons (Fsp3) is 0.375. The fourth-order valence-corrected chi connectivity index (χ4v) is 11.3. The van der Waals surface area contributed by atoms with Gasteiger partial charge in [-0.1, -0.05) is 189 Å². The minimum Gasteiger partial charge on any atom is -0.310 e. The SMILES string of the molecule is CC1(C)C2=Cc3ccc(N(c4ccc(C(C)(C)C)cc4)c4ccc(C(C)(C)C)cc4)cc3C2C(C)(C)C2=C1c1cc(N(c3ccc(C(C)(C)C)cc3)c3ccc(C(C)(C)C)cc3)ccc1C2. The molecule has 6 aromatic rings. The van der Waals surface area contributed by atoms with Crippen molar-refractivity contribution in [1.29, 1.82) is 0 Å². The standard InChI is InChI=1S/C64H74N2/c1-59(2,3)43-19-29-47(30-20-43)65(48-31-21-44(22-32-48)60(4,5)6)51-27-17-41-37-55-57(53(41)39-51)63(13,14)56-38-42-18-28-52(40-54(42)58(56)64(55,15)16)66(49-33-23-45(24-34-49)61(7,8)9)50-35-25-46(26-36-50)62(10,11)12/h17-37,39-40,57H,38H2,1-16H3. The molecule has 0 heterocycles. The lowest BCUT2D eigenvalue weighted by molar-refractivity contribution is 0.328. The average Bonchev–Trinajstić information content (AvgIpc) is 3.85. The van der Waals surface area contributed by atoms with E-state index in [1.54, 1.807) is 5.57 Å². The Hall–Kier alpha value is -5.60. The molecule has 0 saturated heterocycles. The molecule has 1 unspecified atom stereocenters. The first-order chi connectivity index (χ1) is 30.7. The van der Waals surface area contributed by atoms with Gasteiger partial charge >= 0.3 is 0 Å². The molecule has 0 amide bonds. The summed E-state index contributed by atoms with van der Waals surface area (Å²) in [6, 6.07) is 51.6. The molecular weight excluding hydrogens is 797 g/mol. The van der Waals surface area contributed by atoms with E-state index in [4.69, 9.17) is 0 Å². The number of rotatable bonds is 6. The van der Waals surface area contributed by atoms with Crippen LogP contribution >= 0.6 is 0 Å². The highest BCUT2D eigenvalue weighted by Gasteiger charge is 2.54. The summed E-state index contributed by atoms with van der Waals surface area (Å²) in [6.45, 7) is 37.6. The second-order valence-corrected chi connectivity index (χ2v) is 24.9. The maximum absolute atomic E-state index is 2.55. The van der Waals surface area contributed by atoms with Crippen molar-refractivity contribution in [3.8, 4) is 0 Å². The molecule has 340 valence electrons. The van der Waals surface area contributed by atoms with Crippen molar-refractivity contribution < 1.29 is 0 Å². The van der Waals surface area contributed by atoms with Crippen LogP contribution in [0.2, 0.25) is 0 Å². The van der Waals surface area contributed by atoms with Crippen molar-refractivity contribution >= 4 is 45.8 Å². The summed E-state index contributed by atoms with van der Waals surface area (Å²) < 4.78 is 0. The summed E-state index contributed by atoms with van der Waals surface area (Å²) in [5.74, 6) is 0.266. The van der Waals surface area contributed by atoms with Crippen LogP contribution in [0.4, 0.5) is 34.1 Å². The summed E-state index contributed by atoms with van der Waals surface area (Å²) in [5, 5.41) is 0. The maximum atomic E-state index is 2.55. The van der Waals surface area contributed by atoms with Gasteiger partial charge in [-0.3, -0.25) is 0 Å². The van der Waals surface area contributed by atoms with Crippen molar-refractivity contribution in [2.75, 3.05) is 9.80 Å². The number of nitrogens with zero attached hydrogens (tertiary/aromatic N) is 2. The zero-order valence-electron chi connectivity index (χ0n) is 43.0. The van der Waals surface area contributed by atoms with Gasteiger partial charge in [0.25, 0.3) is 0 Å². The second kappa shape index (κ2) is 15.5. The van der Waals surface area contributed by atoms with Gasteiger partial charge < -0.3 is 9.80 Å². The van der Waals surface area contributed by atoms with Crippen LogP contribution in [-0.4, -0.2) is 0 Å². The zero-order valence-corrected chi connectivity index (χ0v) is 43.0. The van der Waals surface area contributed by atoms with E-state index in [-0.39, 0.29) is 38.4 Å². The molecule has 66 heavy (non-hydrogen) atoms. The molecule has 0 saturated carbocycles. The van der Waals surface area contributed by atoms with Crippen LogP contribution < -0.4 is 9.80 Å². The highest BCUT2D eigenvalue weighted by Crippen LogP contribution is 2.67. The molecule has 0 radical (unpaired) electrons. The van der Waals surface area contributed by atoms with Crippen molar-refractivity contribution in [3.05, 3.63) is 189 Å². The number of benzene rings is 6. The van der Waals surface area contributed by atoms with Crippen LogP contribution in [-0.2, 0) is 28.1 Å². The molecule has 3 aliphatic rings.